The molecule has 0 aromatic heterocycles. The van der Waals surface area contributed by atoms with Crippen molar-refractivity contribution >= 4 is 11.9 Å². The number of rotatable bonds is 7. The van der Waals surface area contributed by atoms with Gasteiger partial charge in [-0.15, -0.1) is 0 Å². The summed E-state index contributed by atoms with van der Waals surface area (Å²) in [5.74, 6) is -11.1. The van der Waals surface area contributed by atoms with Crippen molar-refractivity contribution in [3.8, 4) is 0 Å². The Hall–Kier alpha value is -1.48. The molecule has 0 aromatic rings. The molecule has 0 saturated carbocycles. The van der Waals surface area contributed by atoms with Crippen molar-refractivity contribution < 1.29 is 46.1 Å². The van der Waals surface area contributed by atoms with Crippen LogP contribution in [0.1, 0.15) is 6.42 Å². The third-order valence-electron chi connectivity index (χ3n) is 2.17. The molecule has 0 heterocycles. The lowest BCUT2D eigenvalue weighted by Crippen LogP contribution is -2.60. The summed E-state index contributed by atoms with van der Waals surface area (Å²) in [6.07, 6.45) is -10.2. The Labute approximate surface area is 96.2 Å². The van der Waals surface area contributed by atoms with Crippen molar-refractivity contribution in [1.29, 1.82) is 0 Å². The predicted octanol–water partition coefficient (Wildman–Crippen LogP) is 1.54. The SMILES string of the molecule is O=C(O)C(F)C(F)(F)C(F)(CCF)C(F)C(=O)O. The average Bonchev–Trinajstić information content (AvgIpc) is 2.26. The summed E-state index contributed by atoms with van der Waals surface area (Å²) in [6.45, 7) is -1.92. The van der Waals surface area contributed by atoms with Crippen molar-refractivity contribution in [2.75, 3.05) is 6.67 Å². The van der Waals surface area contributed by atoms with Crippen LogP contribution in [-0.4, -0.2) is 52.8 Å². The molecule has 0 spiro atoms. The quantitative estimate of drug-likeness (QED) is 0.694. The highest BCUT2D eigenvalue weighted by atomic mass is 19.3. The second kappa shape index (κ2) is 5.44. The van der Waals surface area contributed by atoms with Gasteiger partial charge < -0.3 is 10.2 Å². The van der Waals surface area contributed by atoms with Crippen LogP contribution in [0.15, 0.2) is 0 Å². The number of carboxylic acid groups (broad SMARTS) is 2. The largest absolute Gasteiger partial charge is 0.479 e. The number of aliphatic carboxylic acids is 2. The fraction of sp³-hybridized carbons (Fsp3) is 0.750. The second-order valence-electron chi connectivity index (χ2n) is 3.33. The fourth-order valence-electron chi connectivity index (χ4n) is 1.16. The molecule has 18 heavy (non-hydrogen) atoms. The van der Waals surface area contributed by atoms with Gasteiger partial charge in [-0.25, -0.2) is 22.8 Å². The zero-order valence-electron chi connectivity index (χ0n) is 8.55. The Morgan fingerprint density at radius 3 is 1.67 bits per heavy atom. The molecule has 0 amide bonds. The van der Waals surface area contributed by atoms with Gasteiger partial charge in [-0.05, 0) is 0 Å². The Bertz CT molecular complexity index is 336. The summed E-state index contributed by atoms with van der Waals surface area (Å²) in [7, 11) is 0. The smallest absolute Gasteiger partial charge is 0.344 e. The van der Waals surface area contributed by atoms with E-state index in [1.54, 1.807) is 0 Å². The van der Waals surface area contributed by atoms with Crippen LogP contribution in [-0.2, 0) is 9.59 Å². The molecular weight excluding hydrogens is 274 g/mol. The summed E-state index contributed by atoms with van der Waals surface area (Å²) in [5.41, 5.74) is -4.80. The van der Waals surface area contributed by atoms with Crippen molar-refractivity contribution in [3.05, 3.63) is 0 Å². The van der Waals surface area contributed by atoms with Gasteiger partial charge in [0.1, 0.15) is 0 Å². The first kappa shape index (κ1) is 16.5. The first-order valence-electron chi connectivity index (χ1n) is 4.38. The summed E-state index contributed by atoms with van der Waals surface area (Å²) in [4.78, 5) is 20.1. The number of carboxylic acids is 2. The molecule has 0 aliphatic rings. The highest BCUT2D eigenvalue weighted by Gasteiger charge is 2.68. The van der Waals surface area contributed by atoms with Gasteiger partial charge >= 0.3 is 17.9 Å². The number of halogens is 6. The van der Waals surface area contributed by atoms with E-state index in [0.717, 1.165) is 0 Å². The van der Waals surface area contributed by atoms with Gasteiger partial charge in [-0.2, -0.15) is 8.78 Å². The van der Waals surface area contributed by atoms with E-state index in [-0.39, 0.29) is 0 Å². The van der Waals surface area contributed by atoms with E-state index in [0.29, 0.717) is 0 Å². The molecule has 4 nitrogen and oxygen atoms in total. The normalized spacial score (nSPS) is 18.8. The minimum atomic E-state index is -5.54. The Balaban J connectivity index is 5.58. The minimum absolute atomic E-state index is 1.92. The highest BCUT2D eigenvalue weighted by Crippen LogP contribution is 2.43. The molecule has 0 aliphatic heterocycles. The van der Waals surface area contributed by atoms with Gasteiger partial charge in [-0.1, -0.05) is 0 Å². The lowest BCUT2D eigenvalue weighted by Gasteiger charge is -2.34. The second-order valence-corrected chi connectivity index (χ2v) is 3.33. The Morgan fingerprint density at radius 2 is 1.39 bits per heavy atom. The summed E-state index contributed by atoms with van der Waals surface area (Å²) >= 11 is 0. The molecule has 3 atom stereocenters. The maximum absolute atomic E-state index is 13.6. The molecule has 0 fully saturated rings. The van der Waals surface area contributed by atoms with Crippen molar-refractivity contribution in [1.82, 2.24) is 0 Å². The maximum Gasteiger partial charge on any atom is 0.344 e. The van der Waals surface area contributed by atoms with Crippen LogP contribution in [0, 0.1) is 0 Å². The van der Waals surface area contributed by atoms with Gasteiger partial charge in [0.2, 0.25) is 11.8 Å². The van der Waals surface area contributed by atoms with E-state index >= 15 is 0 Å². The standard InChI is InChI=1S/C8H8F6O4/c9-2-1-7(12,3(10)5(15)16)8(13,14)4(11)6(17)18/h3-4H,1-2H2,(H,15,16)(H,17,18). The molecule has 0 rings (SSSR count). The minimum Gasteiger partial charge on any atom is -0.479 e. The fourth-order valence-corrected chi connectivity index (χ4v) is 1.16. The molecule has 3 unspecified atom stereocenters. The van der Waals surface area contributed by atoms with E-state index < -0.39 is 49.0 Å². The third kappa shape index (κ3) is 2.67. The summed E-state index contributed by atoms with van der Waals surface area (Å²) in [6, 6.07) is 0. The van der Waals surface area contributed by atoms with Crippen LogP contribution >= 0.6 is 0 Å². The highest BCUT2D eigenvalue weighted by molar-refractivity contribution is 5.76. The Kier molecular flexibility index (Phi) is 4.99. The number of alkyl halides is 6. The van der Waals surface area contributed by atoms with E-state index in [1.165, 1.54) is 0 Å². The lowest BCUT2D eigenvalue weighted by molar-refractivity contribution is -0.219. The molecule has 0 aromatic carbocycles. The van der Waals surface area contributed by atoms with Crippen LogP contribution in [0.5, 0.6) is 0 Å². The van der Waals surface area contributed by atoms with Gasteiger partial charge in [0, 0.05) is 6.42 Å². The zero-order valence-corrected chi connectivity index (χ0v) is 8.55. The van der Waals surface area contributed by atoms with Crippen LogP contribution in [0.3, 0.4) is 0 Å². The zero-order chi connectivity index (χ0) is 14.7. The molecule has 2 N–H and O–H groups in total. The molecule has 0 bridgehead atoms. The Morgan fingerprint density at radius 1 is 1.00 bits per heavy atom. The molecular formula is C8H8F6O4. The van der Waals surface area contributed by atoms with Crippen molar-refractivity contribution in [2.24, 2.45) is 0 Å². The van der Waals surface area contributed by atoms with Crippen LogP contribution in [0.4, 0.5) is 26.3 Å². The van der Waals surface area contributed by atoms with Crippen LogP contribution in [0.2, 0.25) is 0 Å². The van der Waals surface area contributed by atoms with Gasteiger partial charge in [0.05, 0.1) is 6.67 Å². The topological polar surface area (TPSA) is 74.6 Å². The molecule has 0 aliphatic carbocycles. The number of hydrogen-bond donors (Lipinski definition) is 2. The number of hydrogen-bond acceptors (Lipinski definition) is 2. The van der Waals surface area contributed by atoms with E-state index in [4.69, 9.17) is 10.2 Å². The van der Waals surface area contributed by atoms with E-state index in [9.17, 15) is 35.9 Å². The van der Waals surface area contributed by atoms with Crippen molar-refractivity contribution in [3.63, 3.8) is 0 Å². The van der Waals surface area contributed by atoms with Gasteiger partial charge in [0.25, 0.3) is 6.17 Å². The molecule has 0 saturated heterocycles. The molecule has 10 heteroatoms. The van der Waals surface area contributed by atoms with Crippen LogP contribution in [0.25, 0.3) is 0 Å². The molecule has 0 radical (unpaired) electrons. The van der Waals surface area contributed by atoms with Gasteiger partial charge in [0.15, 0.2) is 0 Å². The molecule has 106 valence electrons. The first-order valence-corrected chi connectivity index (χ1v) is 4.38. The summed E-state index contributed by atoms with van der Waals surface area (Å²) < 4.78 is 77.3. The van der Waals surface area contributed by atoms with E-state index in [1.807, 2.05) is 0 Å². The van der Waals surface area contributed by atoms with Crippen molar-refractivity contribution in [2.45, 2.75) is 30.4 Å². The van der Waals surface area contributed by atoms with Gasteiger partial charge in [-0.3, -0.25) is 4.39 Å². The first-order chi connectivity index (χ1) is 8.02. The lowest BCUT2D eigenvalue weighted by atomic mass is 9.86. The predicted molar refractivity (Wildman–Crippen MR) is 44.4 cm³/mol. The average molecular weight is 282 g/mol. The van der Waals surface area contributed by atoms with Crippen LogP contribution < -0.4 is 0 Å². The third-order valence-corrected chi connectivity index (χ3v) is 2.17. The number of carbonyl (C=O) groups is 2. The summed E-state index contributed by atoms with van der Waals surface area (Å²) in [5, 5.41) is 16.1. The maximum atomic E-state index is 13.6. The monoisotopic (exact) mass is 282 g/mol. The van der Waals surface area contributed by atoms with E-state index in [2.05, 4.69) is 0 Å².